The average molecular weight is 463 g/mol. The van der Waals surface area contributed by atoms with E-state index in [0.29, 0.717) is 15.6 Å². The average Bonchev–Trinajstić information content (AvgIpc) is 3.31. The summed E-state index contributed by atoms with van der Waals surface area (Å²) in [5.74, 6) is -1.28. The van der Waals surface area contributed by atoms with Crippen LogP contribution in [0.25, 0.3) is 5.57 Å². The Bertz CT molecular complexity index is 1200. The molecule has 4 nitrogen and oxygen atoms in total. The lowest BCUT2D eigenvalue weighted by molar-refractivity contribution is -0.137. The van der Waals surface area contributed by atoms with Gasteiger partial charge < -0.3 is 5.32 Å². The van der Waals surface area contributed by atoms with Crippen molar-refractivity contribution in [2.75, 3.05) is 10.2 Å². The van der Waals surface area contributed by atoms with E-state index in [0.717, 1.165) is 34.7 Å². The van der Waals surface area contributed by atoms with E-state index in [2.05, 4.69) is 5.32 Å². The maximum absolute atomic E-state index is 13.2. The molecule has 0 fully saturated rings. The van der Waals surface area contributed by atoms with Gasteiger partial charge in [-0.2, -0.15) is 13.2 Å². The molecule has 0 spiro atoms. The van der Waals surface area contributed by atoms with Crippen LogP contribution in [-0.2, 0) is 15.8 Å². The Morgan fingerprint density at radius 2 is 1.71 bits per heavy atom. The van der Waals surface area contributed by atoms with Crippen molar-refractivity contribution >= 4 is 51.7 Å². The number of benzene rings is 2. The van der Waals surface area contributed by atoms with E-state index in [1.54, 1.807) is 35.7 Å². The SMILES string of the molecule is Cc1ccc(Cl)cc1NC1=C(c2cccs2)C(=O)N(c2ccc(C(F)(F)F)cc2)C1=O. The lowest BCUT2D eigenvalue weighted by Crippen LogP contribution is -2.32. The molecule has 2 heterocycles. The lowest BCUT2D eigenvalue weighted by atomic mass is 10.1. The van der Waals surface area contributed by atoms with Crippen molar-refractivity contribution in [2.24, 2.45) is 0 Å². The number of aryl methyl sites for hydroxylation is 1. The highest BCUT2D eigenvalue weighted by Gasteiger charge is 2.41. The van der Waals surface area contributed by atoms with E-state index in [9.17, 15) is 22.8 Å². The third-order valence-corrected chi connectivity index (χ3v) is 5.89. The van der Waals surface area contributed by atoms with Crippen LogP contribution in [-0.4, -0.2) is 11.8 Å². The van der Waals surface area contributed by atoms with Crippen LogP contribution >= 0.6 is 22.9 Å². The lowest BCUT2D eigenvalue weighted by Gasteiger charge is -2.17. The van der Waals surface area contributed by atoms with E-state index in [1.807, 2.05) is 6.92 Å². The number of rotatable bonds is 4. The maximum Gasteiger partial charge on any atom is 0.416 e. The summed E-state index contributed by atoms with van der Waals surface area (Å²) in [4.78, 5) is 27.9. The van der Waals surface area contributed by atoms with Gasteiger partial charge in [0.25, 0.3) is 11.8 Å². The van der Waals surface area contributed by atoms with Gasteiger partial charge in [0.2, 0.25) is 0 Å². The zero-order valence-corrected chi connectivity index (χ0v) is 17.5. The molecule has 4 rings (SSSR count). The number of hydrogen-bond acceptors (Lipinski definition) is 4. The molecule has 1 aromatic heterocycles. The van der Waals surface area contributed by atoms with E-state index < -0.39 is 23.6 Å². The van der Waals surface area contributed by atoms with Crippen LogP contribution in [0.15, 0.2) is 65.7 Å². The molecule has 0 saturated carbocycles. The van der Waals surface area contributed by atoms with Crippen molar-refractivity contribution in [3.05, 3.63) is 86.7 Å². The molecule has 1 N–H and O–H groups in total. The Hall–Kier alpha value is -3.10. The zero-order valence-electron chi connectivity index (χ0n) is 16.0. The quantitative estimate of drug-likeness (QED) is 0.475. The number of halogens is 4. The highest BCUT2D eigenvalue weighted by Crippen LogP contribution is 2.37. The fraction of sp³-hybridized carbons (Fsp3) is 0.0909. The summed E-state index contributed by atoms with van der Waals surface area (Å²) in [5.41, 5.74) is 0.728. The molecule has 1 aliphatic heterocycles. The van der Waals surface area contributed by atoms with E-state index >= 15 is 0 Å². The van der Waals surface area contributed by atoms with Gasteiger partial charge in [-0.15, -0.1) is 11.3 Å². The smallest absolute Gasteiger partial charge is 0.350 e. The van der Waals surface area contributed by atoms with Gasteiger partial charge >= 0.3 is 6.18 Å². The summed E-state index contributed by atoms with van der Waals surface area (Å²) in [5, 5.41) is 5.23. The molecular formula is C22H14ClF3N2O2S. The number of carbonyl (C=O) groups excluding carboxylic acids is 2. The molecule has 2 amide bonds. The molecular weight excluding hydrogens is 449 g/mol. The molecule has 158 valence electrons. The minimum absolute atomic E-state index is 0.0396. The van der Waals surface area contributed by atoms with Gasteiger partial charge in [0.15, 0.2) is 0 Å². The number of alkyl halides is 3. The van der Waals surface area contributed by atoms with Crippen molar-refractivity contribution in [2.45, 2.75) is 13.1 Å². The fourth-order valence-corrected chi connectivity index (χ4v) is 4.13. The second kappa shape index (κ2) is 7.86. The highest BCUT2D eigenvalue weighted by atomic mass is 35.5. The number of nitrogens with one attached hydrogen (secondary N) is 1. The zero-order chi connectivity index (χ0) is 22.3. The third-order valence-electron chi connectivity index (χ3n) is 4.76. The topological polar surface area (TPSA) is 49.4 Å². The largest absolute Gasteiger partial charge is 0.416 e. The monoisotopic (exact) mass is 462 g/mol. The Balaban J connectivity index is 1.77. The van der Waals surface area contributed by atoms with Crippen molar-refractivity contribution in [3.63, 3.8) is 0 Å². The van der Waals surface area contributed by atoms with Gasteiger partial charge in [-0.25, -0.2) is 4.90 Å². The minimum Gasteiger partial charge on any atom is -0.350 e. The first kappa shape index (κ1) is 21.1. The van der Waals surface area contributed by atoms with Gasteiger partial charge in [0.1, 0.15) is 5.70 Å². The van der Waals surface area contributed by atoms with Crippen LogP contribution in [0, 0.1) is 6.92 Å². The second-order valence-electron chi connectivity index (χ2n) is 6.80. The van der Waals surface area contributed by atoms with Crippen molar-refractivity contribution in [1.82, 2.24) is 0 Å². The normalized spacial score (nSPS) is 14.5. The van der Waals surface area contributed by atoms with E-state index in [4.69, 9.17) is 11.6 Å². The number of hydrogen-bond donors (Lipinski definition) is 1. The molecule has 0 atom stereocenters. The first-order chi connectivity index (χ1) is 14.7. The molecule has 0 unspecified atom stereocenters. The first-order valence-electron chi connectivity index (χ1n) is 9.04. The van der Waals surface area contributed by atoms with Crippen LogP contribution in [0.2, 0.25) is 5.02 Å². The van der Waals surface area contributed by atoms with Crippen LogP contribution in [0.3, 0.4) is 0 Å². The molecule has 0 bridgehead atoms. The highest BCUT2D eigenvalue weighted by molar-refractivity contribution is 7.11. The maximum atomic E-state index is 13.2. The number of nitrogens with zero attached hydrogens (tertiary/aromatic N) is 1. The number of anilines is 2. The Morgan fingerprint density at radius 3 is 2.32 bits per heavy atom. The standard InChI is InChI=1S/C22H14ClF3N2O2S/c1-12-4-7-14(23)11-16(12)27-19-18(17-3-2-10-31-17)20(29)28(21(19)30)15-8-5-13(6-9-15)22(24,25)26/h2-11,27H,1H3. The van der Waals surface area contributed by atoms with Gasteiger partial charge in [0, 0.05) is 15.6 Å². The summed E-state index contributed by atoms with van der Waals surface area (Å²) in [6.45, 7) is 1.82. The van der Waals surface area contributed by atoms with E-state index in [-0.39, 0.29) is 17.0 Å². The molecule has 1 aliphatic rings. The van der Waals surface area contributed by atoms with Crippen LogP contribution in [0.1, 0.15) is 16.0 Å². The number of carbonyl (C=O) groups is 2. The summed E-state index contributed by atoms with van der Waals surface area (Å²) in [6, 6.07) is 12.4. The Labute approximate surface area is 184 Å². The first-order valence-corrected chi connectivity index (χ1v) is 10.3. The molecule has 0 saturated heterocycles. The minimum atomic E-state index is -4.52. The van der Waals surface area contributed by atoms with Gasteiger partial charge in [0.05, 0.1) is 16.8 Å². The predicted molar refractivity (Wildman–Crippen MR) is 115 cm³/mol. The van der Waals surface area contributed by atoms with Crippen LogP contribution in [0.5, 0.6) is 0 Å². The molecule has 3 aromatic rings. The van der Waals surface area contributed by atoms with E-state index in [1.165, 1.54) is 11.3 Å². The van der Waals surface area contributed by atoms with Gasteiger partial charge in [-0.1, -0.05) is 23.7 Å². The number of amides is 2. The molecule has 0 aliphatic carbocycles. The predicted octanol–water partition coefficient (Wildman–Crippen LogP) is 6.13. The Morgan fingerprint density at radius 1 is 1.00 bits per heavy atom. The summed E-state index contributed by atoms with van der Waals surface area (Å²) in [7, 11) is 0. The van der Waals surface area contributed by atoms with Crippen molar-refractivity contribution < 1.29 is 22.8 Å². The van der Waals surface area contributed by atoms with Crippen LogP contribution < -0.4 is 10.2 Å². The Kier molecular flexibility index (Phi) is 5.36. The van der Waals surface area contributed by atoms with Crippen molar-refractivity contribution in [1.29, 1.82) is 0 Å². The van der Waals surface area contributed by atoms with Crippen molar-refractivity contribution in [3.8, 4) is 0 Å². The number of imide groups is 1. The summed E-state index contributed by atoms with van der Waals surface area (Å²) >= 11 is 7.35. The molecule has 0 radical (unpaired) electrons. The van der Waals surface area contributed by atoms with Crippen LogP contribution in [0.4, 0.5) is 24.5 Å². The molecule has 2 aromatic carbocycles. The molecule has 31 heavy (non-hydrogen) atoms. The fourth-order valence-electron chi connectivity index (χ4n) is 3.19. The molecule has 9 heteroatoms. The third kappa shape index (κ3) is 3.96. The van der Waals surface area contributed by atoms with Gasteiger partial charge in [-0.05, 0) is 60.3 Å². The second-order valence-corrected chi connectivity index (χ2v) is 8.19. The summed E-state index contributed by atoms with van der Waals surface area (Å²) < 4.78 is 38.7. The van der Waals surface area contributed by atoms with Gasteiger partial charge in [-0.3, -0.25) is 9.59 Å². The number of thiophene rings is 1. The summed E-state index contributed by atoms with van der Waals surface area (Å²) in [6.07, 6.45) is -4.52.